The van der Waals surface area contributed by atoms with Crippen molar-refractivity contribution >= 4 is 193 Å². The minimum atomic E-state index is 0. The van der Waals surface area contributed by atoms with E-state index in [-0.39, 0.29) is 42.5 Å². The molecule has 9 heteroatoms. The number of nitrogens with zero attached hydrogens (tertiary/aromatic N) is 5. The van der Waals surface area contributed by atoms with Crippen molar-refractivity contribution in [1.29, 1.82) is 0 Å². The maximum atomic E-state index is 3.60. The quantitative estimate of drug-likeness (QED) is 0.0539. The number of anilines is 11. The first-order valence-corrected chi connectivity index (χ1v) is 43.8. The molecular weight excluding hydrogens is 1660 g/mol. The third kappa shape index (κ3) is 15.4. The van der Waals surface area contributed by atoms with Gasteiger partial charge in [-0.15, -0.1) is 0 Å². The summed E-state index contributed by atoms with van der Waals surface area (Å²) in [5, 5.41) is 24.1. The van der Waals surface area contributed by atoms with Crippen molar-refractivity contribution < 1.29 is 35.0 Å². The first kappa shape index (κ1) is 85.2. The first-order valence-electron chi connectivity index (χ1n) is 42.7. The number of fused-ring (bicyclic) bond motifs is 6. The summed E-state index contributed by atoms with van der Waals surface area (Å²) in [5.41, 5.74) is 35.2. The van der Waals surface area contributed by atoms with Gasteiger partial charge in [-0.05, 0) is 332 Å². The zero-order valence-corrected chi connectivity index (χ0v) is 78.2. The molecular formula is C117H99IN6NaO-. The van der Waals surface area contributed by atoms with Crippen molar-refractivity contribution in [3.05, 3.63) is 430 Å². The molecule has 2 N–H and O–H groups in total. The molecule has 612 valence electrons. The molecule has 0 radical (unpaired) electrons. The number of aromatic nitrogens is 2. The van der Waals surface area contributed by atoms with Crippen molar-refractivity contribution in [3.63, 3.8) is 0 Å². The van der Waals surface area contributed by atoms with Crippen molar-refractivity contribution in [2.45, 2.75) is 83.1 Å². The van der Waals surface area contributed by atoms with Crippen LogP contribution in [0.1, 0.15) is 66.8 Å². The van der Waals surface area contributed by atoms with Crippen LogP contribution in [0.3, 0.4) is 0 Å². The van der Waals surface area contributed by atoms with E-state index in [2.05, 4.69) is 487 Å². The van der Waals surface area contributed by atoms with Crippen LogP contribution in [-0.4, -0.2) is 14.6 Å². The fourth-order valence-electron chi connectivity index (χ4n) is 19.5. The third-order valence-electron chi connectivity index (χ3n) is 25.1. The molecule has 0 saturated heterocycles. The summed E-state index contributed by atoms with van der Waals surface area (Å²) >= 11 is 2.46. The molecule has 0 aliphatic carbocycles. The van der Waals surface area contributed by atoms with Gasteiger partial charge in [-0.2, -0.15) is 0 Å². The summed E-state index contributed by atoms with van der Waals surface area (Å²) in [5.74, 6) is 0. The van der Waals surface area contributed by atoms with E-state index in [1.807, 2.05) is 0 Å². The summed E-state index contributed by atoms with van der Waals surface area (Å²) in [6.45, 7) is 26.2. The van der Waals surface area contributed by atoms with Crippen molar-refractivity contribution in [1.82, 2.24) is 9.13 Å². The predicted molar refractivity (Wildman–Crippen MR) is 547 cm³/mol. The summed E-state index contributed by atoms with van der Waals surface area (Å²) in [6.07, 6.45) is 0. The average molecular weight is 1760 g/mol. The molecule has 2 heterocycles. The predicted octanol–water partition coefficient (Wildman–Crippen LogP) is 30.8. The van der Waals surface area contributed by atoms with Gasteiger partial charge in [-0.25, -0.2) is 0 Å². The minimum Gasteiger partial charge on any atom is -0.870 e. The fourth-order valence-corrected chi connectivity index (χ4v) is 20.1. The van der Waals surface area contributed by atoms with Crippen LogP contribution in [0.5, 0.6) is 0 Å². The van der Waals surface area contributed by atoms with Gasteiger partial charge in [0, 0.05) is 98.7 Å². The number of halogens is 1. The summed E-state index contributed by atoms with van der Waals surface area (Å²) in [6, 6.07) is 130. The van der Waals surface area contributed by atoms with E-state index in [1.165, 1.54) is 218 Å². The summed E-state index contributed by atoms with van der Waals surface area (Å²) < 4.78 is 6.06. The van der Waals surface area contributed by atoms with Crippen LogP contribution in [-0.2, 0) is 0 Å². The van der Waals surface area contributed by atoms with Gasteiger partial charge in [0.2, 0.25) is 0 Å². The molecule has 22 rings (SSSR count). The zero-order valence-electron chi connectivity index (χ0n) is 74.0. The molecule has 126 heavy (non-hydrogen) atoms. The second kappa shape index (κ2) is 34.8. The van der Waals surface area contributed by atoms with Gasteiger partial charge in [-0.3, -0.25) is 0 Å². The Bertz CT molecular complexity index is 7780. The van der Waals surface area contributed by atoms with Crippen LogP contribution in [0.4, 0.5) is 62.6 Å². The number of aryl methyl sites for hydroxylation is 12. The van der Waals surface area contributed by atoms with Crippen molar-refractivity contribution in [2.24, 2.45) is 0 Å². The number of para-hydroxylation sites is 4. The Labute approximate surface area is 774 Å². The topological polar surface area (TPSA) is 61.6 Å². The molecule has 0 spiro atoms. The van der Waals surface area contributed by atoms with Crippen LogP contribution in [0.2, 0.25) is 0 Å². The van der Waals surface area contributed by atoms with Gasteiger partial charge < -0.3 is 42.1 Å². The van der Waals surface area contributed by atoms with E-state index in [0.717, 1.165) is 34.1 Å². The van der Waals surface area contributed by atoms with Crippen LogP contribution in [0, 0.1) is 94.1 Å². The molecule has 0 aliphatic rings. The van der Waals surface area contributed by atoms with Crippen LogP contribution in [0.25, 0.3) is 120 Å². The Morgan fingerprint density at radius 2 is 0.556 bits per heavy atom. The molecule has 0 bridgehead atoms. The number of benzene rings is 20. The number of nitrogens with one attached hydrogen (secondary N) is 1. The molecule has 0 aliphatic heterocycles. The van der Waals surface area contributed by atoms with E-state index in [9.17, 15) is 0 Å². The van der Waals surface area contributed by atoms with E-state index in [1.54, 1.807) is 0 Å². The Kier molecular flexibility index (Phi) is 23.5. The summed E-state index contributed by atoms with van der Waals surface area (Å²) in [7, 11) is 0. The minimum absolute atomic E-state index is 0. The average Bonchev–Trinajstić information content (AvgIpc) is 1.11. The molecule has 0 unspecified atom stereocenters. The molecule has 0 amide bonds. The van der Waals surface area contributed by atoms with Gasteiger partial charge in [0.05, 0.1) is 27.8 Å². The molecule has 22 aromatic rings. The van der Waals surface area contributed by atoms with E-state index in [4.69, 9.17) is 0 Å². The van der Waals surface area contributed by atoms with Gasteiger partial charge >= 0.3 is 29.6 Å². The van der Waals surface area contributed by atoms with E-state index >= 15 is 0 Å². The second-order valence-electron chi connectivity index (χ2n) is 33.9. The maximum absolute atomic E-state index is 3.60. The van der Waals surface area contributed by atoms with Gasteiger partial charge in [0.25, 0.3) is 0 Å². The van der Waals surface area contributed by atoms with E-state index in [0.29, 0.717) is 0 Å². The molecule has 2 aromatic heterocycles. The molecule has 7 nitrogen and oxygen atoms in total. The number of rotatable bonds is 13. The number of hydrogen-bond donors (Lipinski definition) is 1. The smallest absolute Gasteiger partial charge is 0.870 e. The molecule has 0 atom stereocenters. The van der Waals surface area contributed by atoms with Gasteiger partial charge in [-0.1, -0.05) is 252 Å². The largest absolute Gasteiger partial charge is 1.00 e. The van der Waals surface area contributed by atoms with Crippen molar-refractivity contribution in [3.8, 4) is 11.4 Å². The van der Waals surface area contributed by atoms with E-state index < -0.39 is 0 Å². The van der Waals surface area contributed by atoms with Gasteiger partial charge in [0.1, 0.15) is 0 Å². The SMILES string of the molecule is Cc1ccc(N(c2cc3ccc4ccc(I)c5ccc(c2)c3c45)c2ccc(C)cc2C)c(C)c1.Cc1ccc(N(c2cc3ccc4ccc(N(c5ccc6c7ccccc7n(-c7ccccc7)c6c5)c5ccc(C)cc5C)c5ccc(c2)c3c45)c2ccc(C)cc2C)c(C)c1.Cc1ccc(Nc2ccc3c4ccccc4n(-c4ccccc4)c3c2)c(C)c1.[CH3-].[Na+].[OH-]. The maximum Gasteiger partial charge on any atom is 1.00 e. The monoisotopic (exact) mass is 1750 g/mol. The standard InChI is InChI=1S/C58H47N3.C32H26IN.C26H22N2.CH3.Na.H2O/c1-36-16-26-51(39(4)30-36)60(46-23-25-49-48-14-10-11-15-54(48)59(56(49)35-46)45-12-8-7-9-13-45)55-29-22-42-19-20-43-33-47(34-44-21-24-50(55)58(42)57(43)44)61(52-27-17-37(2)31-40(52)5)53-28-18-38(3)32-41(53)6;1-19-5-13-29(21(3)15-19)34(30-14-6-20(2)16-22(30)4)26-17-24-8-7-23-10-12-28(33)27-11-9-25(18-26)31(24)32(23)27;1-18-12-15-24(19(2)16-18)27-20-13-14-23-22-10-6-7-11-25(22)28(26(23)17-20)21-8-4-3-5-9-21;;;/h7-35H,1-6H3;5-18H,1-4H3;3-17,27H,1-2H3;1H3;;1H2/q;;;-1;+1;/p-1. The Morgan fingerprint density at radius 3 is 0.984 bits per heavy atom. The van der Waals surface area contributed by atoms with Crippen LogP contribution in [0.15, 0.2) is 352 Å². The van der Waals surface area contributed by atoms with Crippen LogP contribution < -0.4 is 49.6 Å². The second-order valence-corrected chi connectivity index (χ2v) is 35.1. The Hall–Kier alpha value is -13.0. The molecule has 0 fully saturated rings. The summed E-state index contributed by atoms with van der Waals surface area (Å²) in [4.78, 5) is 7.37. The molecule has 0 saturated carbocycles. The normalized spacial score (nSPS) is 11.3. The fraction of sp³-hybridized carbons (Fsp3) is 0.103. The number of hydrogen-bond acceptors (Lipinski definition) is 5. The van der Waals surface area contributed by atoms with Crippen LogP contribution >= 0.6 is 22.6 Å². The molecule has 20 aromatic carbocycles. The van der Waals surface area contributed by atoms with Crippen molar-refractivity contribution in [2.75, 3.05) is 20.0 Å². The third-order valence-corrected chi connectivity index (χ3v) is 26.0. The zero-order chi connectivity index (χ0) is 84.2. The first-order chi connectivity index (χ1) is 59.8. The Balaban J connectivity index is 0.000000145. The Morgan fingerprint density at radius 1 is 0.238 bits per heavy atom. The van der Waals surface area contributed by atoms with Gasteiger partial charge in [0.15, 0.2) is 0 Å².